The van der Waals surface area contributed by atoms with Crippen molar-refractivity contribution in [3.63, 3.8) is 0 Å². The standard InChI is InChI=1S/C9H5BrO2.H2S/c10-7-3-1-6-2-4-9(11)12-8(6)5-7;/h1-5H;1H2. The molecule has 0 unspecified atom stereocenters. The van der Waals surface area contributed by atoms with E-state index in [0.717, 1.165) is 9.86 Å². The molecular formula is C9H7BrO2S. The molecule has 1 aromatic carbocycles. The normalized spacial score (nSPS) is 9.62. The van der Waals surface area contributed by atoms with E-state index in [9.17, 15) is 4.79 Å². The third kappa shape index (κ3) is 2.14. The van der Waals surface area contributed by atoms with Crippen molar-refractivity contribution >= 4 is 40.4 Å². The molecule has 0 aliphatic rings. The highest BCUT2D eigenvalue weighted by Crippen LogP contribution is 2.17. The molecule has 0 N–H and O–H groups in total. The zero-order valence-electron chi connectivity index (χ0n) is 6.58. The van der Waals surface area contributed by atoms with E-state index in [-0.39, 0.29) is 19.1 Å². The Kier molecular flexibility index (Phi) is 3.17. The molecule has 0 spiro atoms. The zero-order chi connectivity index (χ0) is 8.55. The van der Waals surface area contributed by atoms with Crippen molar-refractivity contribution < 1.29 is 4.42 Å². The van der Waals surface area contributed by atoms with Gasteiger partial charge in [0.25, 0.3) is 0 Å². The van der Waals surface area contributed by atoms with Crippen LogP contribution in [0.2, 0.25) is 0 Å². The Morgan fingerprint density at radius 1 is 1.15 bits per heavy atom. The van der Waals surface area contributed by atoms with Gasteiger partial charge in [0, 0.05) is 15.9 Å². The second kappa shape index (κ2) is 3.98. The first kappa shape index (κ1) is 10.3. The fraction of sp³-hybridized carbons (Fsp3) is 0. The van der Waals surface area contributed by atoms with Gasteiger partial charge in [0.15, 0.2) is 0 Å². The van der Waals surface area contributed by atoms with Gasteiger partial charge < -0.3 is 4.42 Å². The van der Waals surface area contributed by atoms with Gasteiger partial charge in [-0.15, -0.1) is 0 Å². The second-order valence-corrected chi connectivity index (χ2v) is 3.35. The fourth-order valence-electron chi connectivity index (χ4n) is 1.03. The van der Waals surface area contributed by atoms with Crippen LogP contribution in [0.4, 0.5) is 0 Å². The Labute approximate surface area is 90.1 Å². The summed E-state index contributed by atoms with van der Waals surface area (Å²) in [5.41, 5.74) is 0.289. The van der Waals surface area contributed by atoms with Gasteiger partial charge in [-0.25, -0.2) is 4.79 Å². The molecule has 13 heavy (non-hydrogen) atoms. The van der Waals surface area contributed by atoms with Crippen molar-refractivity contribution in [3.05, 3.63) is 45.2 Å². The number of halogens is 1. The maximum atomic E-state index is 10.8. The number of hydrogen-bond acceptors (Lipinski definition) is 2. The Morgan fingerprint density at radius 2 is 1.85 bits per heavy atom. The summed E-state index contributed by atoms with van der Waals surface area (Å²) in [6.45, 7) is 0. The summed E-state index contributed by atoms with van der Waals surface area (Å²) in [5.74, 6) is 0. The predicted octanol–water partition coefficient (Wildman–Crippen LogP) is 2.67. The van der Waals surface area contributed by atoms with E-state index < -0.39 is 0 Å². The maximum Gasteiger partial charge on any atom is 0.336 e. The average Bonchev–Trinajstić information content (AvgIpc) is 2.03. The summed E-state index contributed by atoms with van der Waals surface area (Å²) in [4.78, 5) is 10.8. The van der Waals surface area contributed by atoms with Crippen molar-refractivity contribution in [1.29, 1.82) is 0 Å². The zero-order valence-corrected chi connectivity index (χ0v) is 9.17. The van der Waals surface area contributed by atoms with E-state index in [1.807, 2.05) is 12.1 Å². The minimum absolute atomic E-state index is 0. The molecule has 2 rings (SSSR count). The lowest BCUT2D eigenvalue weighted by molar-refractivity contribution is 0.561. The molecule has 68 valence electrons. The topological polar surface area (TPSA) is 30.2 Å². The van der Waals surface area contributed by atoms with Crippen molar-refractivity contribution in [2.75, 3.05) is 0 Å². The van der Waals surface area contributed by atoms with Crippen LogP contribution in [-0.2, 0) is 0 Å². The summed E-state index contributed by atoms with van der Waals surface area (Å²) >= 11 is 3.29. The van der Waals surface area contributed by atoms with E-state index in [2.05, 4.69) is 15.9 Å². The number of hydrogen-bond donors (Lipinski definition) is 0. The van der Waals surface area contributed by atoms with Crippen LogP contribution in [0.3, 0.4) is 0 Å². The Balaban J connectivity index is 0.000000845. The Morgan fingerprint density at radius 3 is 2.62 bits per heavy atom. The molecule has 2 nitrogen and oxygen atoms in total. The lowest BCUT2D eigenvalue weighted by Crippen LogP contribution is -1.93. The van der Waals surface area contributed by atoms with Gasteiger partial charge in [0.2, 0.25) is 0 Å². The molecule has 0 bridgehead atoms. The van der Waals surface area contributed by atoms with Gasteiger partial charge >= 0.3 is 5.63 Å². The molecular weight excluding hydrogens is 252 g/mol. The summed E-state index contributed by atoms with van der Waals surface area (Å²) in [5, 5.41) is 0.929. The van der Waals surface area contributed by atoms with Crippen LogP contribution in [0.5, 0.6) is 0 Å². The quantitative estimate of drug-likeness (QED) is 0.681. The maximum absolute atomic E-state index is 10.8. The minimum atomic E-state index is -0.319. The Bertz CT molecular complexity index is 478. The summed E-state index contributed by atoms with van der Waals surface area (Å²) in [6, 6.07) is 8.73. The largest absolute Gasteiger partial charge is 0.423 e. The van der Waals surface area contributed by atoms with Crippen LogP contribution in [0, 0.1) is 0 Å². The first-order valence-corrected chi connectivity index (χ1v) is 4.24. The van der Waals surface area contributed by atoms with Crippen LogP contribution in [0.25, 0.3) is 11.0 Å². The van der Waals surface area contributed by atoms with E-state index in [1.54, 1.807) is 12.1 Å². The van der Waals surface area contributed by atoms with Gasteiger partial charge in [-0.05, 0) is 18.2 Å². The highest BCUT2D eigenvalue weighted by atomic mass is 79.9. The molecule has 0 atom stereocenters. The van der Waals surface area contributed by atoms with Crippen LogP contribution in [0.1, 0.15) is 0 Å². The third-order valence-electron chi connectivity index (χ3n) is 1.59. The van der Waals surface area contributed by atoms with E-state index >= 15 is 0 Å². The van der Waals surface area contributed by atoms with Crippen molar-refractivity contribution in [2.24, 2.45) is 0 Å². The van der Waals surface area contributed by atoms with E-state index in [4.69, 9.17) is 4.42 Å². The molecule has 0 aliphatic carbocycles. The van der Waals surface area contributed by atoms with Gasteiger partial charge in [-0.1, -0.05) is 22.0 Å². The van der Waals surface area contributed by atoms with Gasteiger partial charge in [0.1, 0.15) is 5.58 Å². The van der Waals surface area contributed by atoms with Crippen LogP contribution in [-0.4, -0.2) is 0 Å². The van der Waals surface area contributed by atoms with Crippen LogP contribution >= 0.6 is 29.4 Å². The Hall–Kier alpha value is -0.740. The SMILES string of the molecule is O=c1ccc2ccc(Br)cc2o1.S. The first-order chi connectivity index (χ1) is 5.75. The van der Waals surface area contributed by atoms with Crippen molar-refractivity contribution in [2.45, 2.75) is 0 Å². The fourth-order valence-corrected chi connectivity index (χ4v) is 1.37. The molecule has 4 heteroatoms. The molecule has 0 radical (unpaired) electrons. The molecule has 0 aliphatic heterocycles. The highest BCUT2D eigenvalue weighted by molar-refractivity contribution is 9.10. The lowest BCUT2D eigenvalue weighted by Gasteiger charge is -1.94. The van der Waals surface area contributed by atoms with Crippen molar-refractivity contribution in [1.82, 2.24) is 0 Å². The van der Waals surface area contributed by atoms with Crippen LogP contribution in [0.15, 0.2) is 44.0 Å². The number of rotatable bonds is 0. The summed E-state index contributed by atoms with van der Waals surface area (Å²) in [6.07, 6.45) is 0. The summed E-state index contributed by atoms with van der Waals surface area (Å²) in [7, 11) is 0. The third-order valence-corrected chi connectivity index (χ3v) is 2.08. The molecule has 0 saturated heterocycles. The smallest absolute Gasteiger partial charge is 0.336 e. The first-order valence-electron chi connectivity index (χ1n) is 3.45. The number of benzene rings is 1. The molecule has 2 aromatic rings. The second-order valence-electron chi connectivity index (χ2n) is 2.44. The minimum Gasteiger partial charge on any atom is -0.423 e. The average molecular weight is 259 g/mol. The van der Waals surface area contributed by atoms with Crippen molar-refractivity contribution in [3.8, 4) is 0 Å². The van der Waals surface area contributed by atoms with Gasteiger partial charge in [-0.2, -0.15) is 13.5 Å². The van der Waals surface area contributed by atoms with Crippen LogP contribution < -0.4 is 5.63 Å². The monoisotopic (exact) mass is 258 g/mol. The molecule has 0 fully saturated rings. The molecule has 0 saturated carbocycles. The molecule has 1 aromatic heterocycles. The van der Waals surface area contributed by atoms with Gasteiger partial charge in [-0.3, -0.25) is 0 Å². The van der Waals surface area contributed by atoms with Gasteiger partial charge in [0.05, 0.1) is 0 Å². The van der Waals surface area contributed by atoms with E-state index in [1.165, 1.54) is 6.07 Å². The summed E-state index contributed by atoms with van der Waals surface area (Å²) < 4.78 is 5.86. The lowest BCUT2D eigenvalue weighted by atomic mass is 10.2. The molecule has 1 heterocycles. The number of fused-ring (bicyclic) bond motifs is 1. The highest BCUT2D eigenvalue weighted by Gasteiger charge is 1.96. The molecule has 0 amide bonds. The predicted molar refractivity (Wildman–Crippen MR) is 60.6 cm³/mol. The van der Waals surface area contributed by atoms with E-state index in [0.29, 0.717) is 5.58 Å².